The summed E-state index contributed by atoms with van der Waals surface area (Å²) in [5, 5.41) is 8.89. The van der Waals surface area contributed by atoms with Crippen molar-refractivity contribution in [1.29, 1.82) is 5.26 Å². The summed E-state index contributed by atoms with van der Waals surface area (Å²) in [7, 11) is 1.25. The third-order valence-electron chi connectivity index (χ3n) is 1.76. The topological polar surface area (TPSA) is 84.0 Å². The van der Waals surface area contributed by atoms with Crippen molar-refractivity contribution in [2.24, 2.45) is 5.73 Å². The van der Waals surface area contributed by atoms with Crippen LogP contribution in [0.2, 0.25) is 5.02 Å². The van der Waals surface area contributed by atoms with E-state index in [9.17, 15) is 8.42 Å². The average Bonchev–Trinajstić information content (AvgIpc) is 2.15. The van der Waals surface area contributed by atoms with Gasteiger partial charge in [0, 0.05) is 27.8 Å². The standard InChI is InChI=1S/C8H6Cl2N2O2S/c9-6-1-5(3-11)7(4-12)8(2-6)15(10,13)14/h1-2H,4,12H2. The largest absolute Gasteiger partial charge is 0.326 e. The fourth-order valence-corrected chi connectivity index (χ4v) is 2.59. The summed E-state index contributed by atoms with van der Waals surface area (Å²) < 4.78 is 22.3. The third kappa shape index (κ3) is 2.61. The first-order chi connectivity index (χ1) is 6.90. The van der Waals surface area contributed by atoms with Gasteiger partial charge in [0.05, 0.1) is 16.5 Å². The summed E-state index contributed by atoms with van der Waals surface area (Å²) in [6, 6.07) is 4.33. The van der Waals surface area contributed by atoms with Crippen molar-refractivity contribution in [1.82, 2.24) is 0 Å². The molecule has 0 aliphatic heterocycles. The van der Waals surface area contributed by atoms with Crippen molar-refractivity contribution >= 4 is 31.3 Å². The van der Waals surface area contributed by atoms with Gasteiger partial charge in [-0.15, -0.1) is 0 Å². The lowest BCUT2D eigenvalue weighted by Crippen LogP contribution is -2.06. The van der Waals surface area contributed by atoms with Gasteiger partial charge in [0.1, 0.15) is 0 Å². The van der Waals surface area contributed by atoms with E-state index in [1.807, 2.05) is 6.07 Å². The molecule has 0 aliphatic rings. The average molecular weight is 265 g/mol. The Balaban J connectivity index is 3.66. The van der Waals surface area contributed by atoms with E-state index < -0.39 is 9.05 Å². The molecule has 0 radical (unpaired) electrons. The molecule has 0 heterocycles. The molecular formula is C8H6Cl2N2O2S. The number of nitriles is 1. The predicted octanol–water partition coefficient (Wildman–Crippen LogP) is 1.60. The Morgan fingerprint density at radius 3 is 2.47 bits per heavy atom. The number of hydrogen-bond acceptors (Lipinski definition) is 4. The van der Waals surface area contributed by atoms with E-state index in [2.05, 4.69) is 0 Å². The highest BCUT2D eigenvalue weighted by atomic mass is 35.7. The molecule has 0 saturated heterocycles. The lowest BCUT2D eigenvalue weighted by atomic mass is 10.1. The normalized spacial score (nSPS) is 11.1. The van der Waals surface area contributed by atoms with Crippen LogP contribution < -0.4 is 5.73 Å². The summed E-state index contributed by atoms with van der Waals surface area (Å²) in [5.74, 6) is 0. The summed E-state index contributed by atoms with van der Waals surface area (Å²) >= 11 is 5.65. The van der Waals surface area contributed by atoms with Crippen LogP contribution in [-0.2, 0) is 15.6 Å². The van der Waals surface area contributed by atoms with Crippen LogP contribution >= 0.6 is 22.3 Å². The molecule has 1 aromatic rings. The molecule has 0 unspecified atom stereocenters. The van der Waals surface area contributed by atoms with Gasteiger partial charge in [0.25, 0.3) is 9.05 Å². The van der Waals surface area contributed by atoms with Gasteiger partial charge in [-0.2, -0.15) is 5.26 Å². The summed E-state index contributed by atoms with van der Waals surface area (Å²) in [4.78, 5) is -0.212. The molecule has 0 aromatic heterocycles. The molecule has 0 saturated carbocycles. The number of hydrogen-bond donors (Lipinski definition) is 1. The van der Waals surface area contributed by atoms with Gasteiger partial charge in [0.2, 0.25) is 0 Å². The molecule has 2 N–H and O–H groups in total. The molecule has 7 heteroatoms. The van der Waals surface area contributed by atoms with Gasteiger partial charge in [-0.1, -0.05) is 11.6 Å². The van der Waals surface area contributed by atoms with Crippen molar-refractivity contribution in [3.8, 4) is 6.07 Å². The van der Waals surface area contributed by atoms with Crippen LogP contribution in [0.25, 0.3) is 0 Å². The van der Waals surface area contributed by atoms with Gasteiger partial charge in [-0.05, 0) is 12.1 Å². The molecule has 0 bridgehead atoms. The minimum atomic E-state index is -3.94. The van der Waals surface area contributed by atoms with E-state index in [1.54, 1.807) is 0 Å². The van der Waals surface area contributed by atoms with Gasteiger partial charge in [0.15, 0.2) is 0 Å². The van der Waals surface area contributed by atoms with E-state index in [0.29, 0.717) is 0 Å². The van der Waals surface area contributed by atoms with E-state index in [0.717, 1.165) is 0 Å². The Labute approximate surface area is 96.6 Å². The lowest BCUT2D eigenvalue weighted by molar-refractivity contribution is 0.608. The zero-order valence-corrected chi connectivity index (χ0v) is 9.70. The number of rotatable bonds is 2. The second-order valence-electron chi connectivity index (χ2n) is 2.68. The minimum absolute atomic E-state index is 0.0959. The van der Waals surface area contributed by atoms with Gasteiger partial charge >= 0.3 is 0 Å². The molecule has 1 rings (SSSR count). The fraction of sp³-hybridized carbons (Fsp3) is 0.125. The highest BCUT2D eigenvalue weighted by Gasteiger charge is 2.18. The highest BCUT2D eigenvalue weighted by molar-refractivity contribution is 8.13. The van der Waals surface area contributed by atoms with E-state index >= 15 is 0 Å². The van der Waals surface area contributed by atoms with Crippen LogP contribution in [0.1, 0.15) is 11.1 Å². The van der Waals surface area contributed by atoms with Crippen LogP contribution in [0.15, 0.2) is 17.0 Å². The first kappa shape index (κ1) is 12.3. The maximum atomic E-state index is 11.2. The zero-order chi connectivity index (χ0) is 11.6. The number of nitrogens with zero attached hydrogens (tertiary/aromatic N) is 1. The minimum Gasteiger partial charge on any atom is -0.326 e. The third-order valence-corrected chi connectivity index (χ3v) is 3.37. The maximum Gasteiger partial charge on any atom is 0.261 e. The first-order valence-electron chi connectivity index (χ1n) is 3.77. The van der Waals surface area contributed by atoms with Crippen molar-refractivity contribution in [2.45, 2.75) is 11.4 Å². The van der Waals surface area contributed by atoms with E-state index in [-0.39, 0.29) is 27.6 Å². The molecule has 1 aromatic carbocycles. The van der Waals surface area contributed by atoms with Crippen molar-refractivity contribution in [3.05, 3.63) is 28.3 Å². The smallest absolute Gasteiger partial charge is 0.261 e. The molecule has 15 heavy (non-hydrogen) atoms. The van der Waals surface area contributed by atoms with E-state index in [1.165, 1.54) is 12.1 Å². The van der Waals surface area contributed by atoms with Crippen molar-refractivity contribution in [2.75, 3.05) is 0 Å². The summed E-state index contributed by atoms with van der Waals surface area (Å²) in [6.45, 7) is -0.0959. The molecule has 0 amide bonds. The second kappa shape index (κ2) is 4.37. The number of nitrogens with two attached hydrogens (primary N) is 1. The SMILES string of the molecule is N#Cc1cc(Cl)cc(S(=O)(=O)Cl)c1CN. The quantitative estimate of drug-likeness (QED) is 0.823. The molecule has 0 spiro atoms. The zero-order valence-electron chi connectivity index (χ0n) is 7.37. The van der Waals surface area contributed by atoms with Gasteiger partial charge in [-0.3, -0.25) is 0 Å². The molecule has 0 fully saturated rings. The van der Waals surface area contributed by atoms with Crippen LogP contribution in [-0.4, -0.2) is 8.42 Å². The van der Waals surface area contributed by atoms with Gasteiger partial charge < -0.3 is 5.73 Å². The molecule has 0 atom stereocenters. The number of benzene rings is 1. The molecule has 4 nitrogen and oxygen atoms in total. The fourth-order valence-electron chi connectivity index (χ4n) is 1.14. The lowest BCUT2D eigenvalue weighted by Gasteiger charge is -2.06. The number of halogens is 2. The van der Waals surface area contributed by atoms with Crippen molar-refractivity contribution < 1.29 is 8.42 Å². The molecule has 80 valence electrons. The monoisotopic (exact) mass is 264 g/mol. The second-order valence-corrected chi connectivity index (χ2v) is 5.65. The molecular weight excluding hydrogens is 259 g/mol. The Hall–Kier alpha value is -0.800. The Morgan fingerprint density at radius 2 is 2.07 bits per heavy atom. The molecule has 0 aliphatic carbocycles. The predicted molar refractivity (Wildman–Crippen MR) is 57.1 cm³/mol. The van der Waals surface area contributed by atoms with E-state index in [4.69, 9.17) is 33.3 Å². The Bertz CT molecular complexity index is 534. The Morgan fingerprint density at radius 1 is 1.47 bits per heavy atom. The van der Waals surface area contributed by atoms with Crippen LogP contribution in [0.4, 0.5) is 0 Å². The summed E-state index contributed by atoms with van der Waals surface area (Å²) in [6.07, 6.45) is 0. The highest BCUT2D eigenvalue weighted by Crippen LogP contribution is 2.26. The Kier molecular flexibility index (Phi) is 3.58. The first-order valence-corrected chi connectivity index (χ1v) is 6.46. The van der Waals surface area contributed by atoms with Crippen LogP contribution in [0.3, 0.4) is 0 Å². The maximum absolute atomic E-state index is 11.2. The summed E-state index contributed by atoms with van der Waals surface area (Å²) in [5.41, 5.74) is 5.65. The van der Waals surface area contributed by atoms with Crippen LogP contribution in [0.5, 0.6) is 0 Å². The van der Waals surface area contributed by atoms with Crippen molar-refractivity contribution in [3.63, 3.8) is 0 Å². The van der Waals surface area contributed by atoms with Crippen LogP contribution in [0, 0.1) is 11.3 Å². The van der Waals surface area contributed by atoms with Gasteiger partial charge in [-0.25, -0.2) is 8.42 Å².